The van der Waals surface area contributed by atoms with Gasteiger partial charge in [-0.15, -0.1) is 0 Å². The fourth-order valence-corrected chi connectivity index (χ4v) is 2.46. The van der Waals surface area contributed by atoms with Gasteiger partial charge in [0.2, 0.25) is 0 Å². The van der Waals surface area contributed by atoms with Crippen LogP contribution < -0.4 is 5.32 Å². The number of rotatable bonds is 0. The summed E-state index contributed by atoms with van der Waals surface area (Å²) in [5, 5.41) is 3.37. The molecule has 16 heavy (non-hydrogen) atoms. The Morgan fingerprint density at radius 2 is 2.06 bits per heavy atom. The highest BCUT2D eigenvalue weighted by Crippen LogP contribution is 2.37. The van der Waals surface area contributed by atoms with Gasteiger partial charge in [-0.2, -0.15) is 13.2 Å². The quantitative estimate of drug-likeness (QED) is 0.741. The van der Waals surface area contributed by atoms with Crippen molar-refractivity contribution in [1.82, 2.24) is 5.32 Å². The predicted molar refractivity (Wildman–Crippen MR) is 56.6 cm³/mol. The first kappa shape index (κ1) is 11.7. The van der Waals surface area contributed by atoms with E-state index in [4.69, 9.17) is 11.6 Å². The molecular weight excluding hydrogens is 239 g/mol. The second-order valence-corrected chi connectivity index (χ2v) is 4.36. The van der Waals surface area contributed by atoms with Gasteiger partial charge in [-0.25, -0.2) is 0 Å². The Morgan fingerprint density at radius 3 is 2.69 bits per heavy atom. The number of hydrogen-bond acceptors (Lipinski definition) is 1. The van der Waals surface area contributed by atoms with Gasteiger partial charge in [0.15, 0.2) is 0 Å². The second kappa shape index (κ2) is 3.93. The zero-order valence-electron chi connectivity index (χ0n) is 8.66. The lowest BCUT2D eigenvalue weighted by Gasteiger charge is -2.26. The molecule has 1 aromatic carbocycles. The van der Waals surface area contributed by atoms with E-state index in [-0.39, 0.29) is 11.1 Å². The smallest absolute Gasteiger partial charge is 0.310 e. The van der Waals surface area contributed by atoms with E-state index in [0.29, 0.717) is 18.5 Å². The van der Waals surface area contributed by atoms with Crippen molar-refractivity contribution < 1.29 is 13.2 Å². The van der Waals surface area contributed by atoms with E-state index in [1.807, 2.05) is 6.92 Å². The van der Waals surface area contributed by atoms with E-state index in [9.17, 15) is 13.2 Å². The molecule has 1 heterocycles. The summed E-state index contributed by atoms with van der Waals surface area (Å²) in [5.74, 6) is 0. The molecule has 1 nitrogen and oxygen atoms in total. The zero-order chi connectivity index (χ0) is 11.9. The molecule has 2 rings (SSSR count). The molecule has 1 N–H and O–H groups in total. The summed E-state index contributed by atoms with van der Waals surface area (Å²) in [6.45, 7) is 2.59. The standard InChI is InChI=1S/C11H11ClF3N/c1-6-10-7(2-3-16-6)4-8(5-9(10)12)11(13,14)15/h4-6,16H,2-3H2,1H3/t6-/m1/s1. The Hall–Kier alpha value is -0.740. The Kier molecular flexibility index (Phi) is 2.88. The van der Waals surface area contributed by atoms with Crippen LogP contribution in [-0.2, 0) is 12.6 Å². The topological polar surface area (TPSA) is 12.0 Å². The molecule has 0 amide bonds. The van der Waals surface area contributed by atoms with Gasteiger partial charge < -0.3 is 5.32 Å². The fourth-order valence-electron chi connectivity index (χ4n) is 2.06. The van der Waals surface area contributed by atoms with Crippen LogP contribution in [-0.4, -0.2) is 6.54 Å². The second-order valence-electron chi connectivity index (χ2n) is 3.95. The molecular formula is C11H11ClF3N. The molecule has 0 fully saturated rings. The Balaban J connectivity index is 2.54. The van der Waals surface area contributed by atoms with Crippen LogP contribution in [0.3, 0.4) is 0 Å². The molecule has 0 aliphatic carbocycles. The third kappa shape index (κ3) is 2.04. The maximum atomic E-state index is 12.6. The highest BCUT2D eigenvalue weighted by atomic mass is 35.5. The molecule has 1 atom stereocenters. The molecule has 1 aliphatic heterocycles. The summed E-state index contributed by atoms with van der Waals surface area (Å²) < 4.78 is 37.7. The minimum atomic E-state index is -4.33. The summed E-state index contributed by atoms with van der Waals surface area (Å²) in [5.41, 5.74) is 0.831. The number of hydrogen-bond donors (Lipinski definition) is 1. The van der Waals surface area contributed by atoms with Crippen molar-refractivity contribution in [2.45, 2.75) is 25.6 Å². The Bertz CT molecular complexity index is 414. The van der Waals surface area contributed by atoms with Crippen LogP contribution in [0, 0.1) is 0 Å². The van der Waals surface area contributed by atoms with Crippen molar-refractivity contribution in [2.24, 2.45) is 0 Å². The predicted octanol–water partition coefficient (Wildman–Crippen LogP) is 3.57. The third-order valence-corrected chi connectivity index (χ3v) is 3.13. The number of halogens is 4. The van der Waals surface area contributed by atoms with Gasteiger partial charge in [-0.05, 0) is 43.1 Å². The van der Waals surface area contributed by atoms with Gasteiger partial charge in [-0.1, -0.05) is 11.6 Å². The van der Waals surface area contributed by atoms with Crippen molar-refractivity contribution in [3.8, 4) is 0 Å². The number of fused-ring (bicyclic) bond motifs is 1. The molecule has 0 saturated heterocycles. The molecule has 5 heteroatoms. The highest BCUT2D eigenvalue weighted by Gasteiger charge is 2.33. The molecule has 1 aliphatic rings. The molecule has 0 spiro atoms. The minimum Gasteiger partial charge on any atom is -0.310 e. The van der Waals surface area contributed by atoms with Gasteiger partial charge in [0.1, 0.15) is 0 Å². The van der Waals surface area contributed by atoms with Gasteiger partial charge in [-0.3, -0.25) is 0 Å². The van der Waals surface area contributed by atoms with Crippen molar-refractivity contribution in [3.05, 3.63) is 33.8 Å². The van der Waals surface area contributed by atoms with E-state index in [0.717, 1.165) is 11.6 Å². The maximum absolute atomic E-state index is 12.6. The Morgan fingerprint density at radius 1 is 1.38 bits per heavy atom. The summed E-state index contributed by atoms with van der Waals surface area (Å²) >= 11 is 5.91. The van der Waals surface area contributed by atoms with Gasteiger partial charge >= 0.3 is 6.18 Å². The fraction of sp³-hybridized carbons (Fsp3) is 0.455. The summed E-state index contributed by atoms with van der Waals surface area (Å²) in [6.07, 6.45) is -3.74. The molecule has 1 aromatic rings. The maximum Gasteiger partial charge on any atom is 0.416 e. The van der Waals surface area contributed by atoms with E-state index >= 15 is 0 Å². The van der Waals surface area contributed by atoms with Crippen LogP contribution >= 0.6 is 11.6 Å². The molecule has 0 radical (unpaired) electrons. The van der Waals surface area contributed by atoms with Crippen molar-refractivity contribution in [1.29, 1.82) is 0 Å². The van der Waals surface area contributed by atoms with Crippen LogP contribution in [0.2, 0.25) is 5.02 Å². The van der Waals surface area contributed by atoms with Crippen LogP contribution in [0.15, 0.2) is 12.1 Å². The Labute approximate surface area is 96.6 Å². The first-order valence-corrected chi connectivity index (χ1v) is 5.40. The van der Waals surface area contributed by atoms with E-state index in [1.54, 1.807) is 0 Å². The van der Waals surface area contributed by atoms with Crippen LogP contribution in [0.5, 0.6) is 0 Å². The van der Waals surface area contributed by atoms with E-state index < -0.39 is 11.7 Å². The van der Waals surface area contributed by atoms with Crippen LogP contribution in [0.4, 0.5) is 13.2 Å². The van der Waals surface area contributed by atoms with Crippen LogP contribution in [0.25, 0.3) is 0 Å². The number of benzene rings is 1. The monoisotopic (exact) mass is 249 g/mol. The summed E-state index contributed by atoms with van der Waals surface area (Å²) in [4.78, 5) is 0. The molecule has 0 bridgehead atoms. The van der Waals surface area contributed by atoms with Gasteiger partial charge in [0.25, 0.3) is 0 Å². The van der Waals surface area contributed by atoms with Crippen molar-refractivity contribution in [3.63, 3.8) is 0 Å². The lowest BCUT2D eigenvalue weighted by Crippen LogP contribution is -2.28. The lowest BCUT2D eigenvalue weighted by atomic mass is 9.93. The molecule has 0 saturated carbocycles. The average Bonchev–Trinajstić information content (AvgIpc) is 2.15. The van der Waals surface area contributed by atoms with Crippen molar-refractivity contribution in [2.75, 3.05) is 6.54 Å². The zero-order valence-corrected chi connectivity index (χ0v) is 9.41. The number of nitrogens with one attached hydrogen (secondary N) is 1. The number of alkyl halides is 3. The van der Waals surface area contributed by atoms with E-state index in [1.165, 1.54) is 6.07 Å². The van der Waals surface area contributed by atoms with Crippen LogP contribution in [0.1, 0.15) is 29.7 Å². The van der Waals surface area contributed by atoms with Crippen molar-refractivity contribution >= 4 is 11.6 Å². The third-order valence-electron chi connectivity index (χ3n) is 2.82. The highest BCUT2D eigenvalue weighted by molar-refractivity contribution is 6.31. The van der Waals surface area contributed by atoms with Gasteiger partial charge in [0, 0.05) is 11.1 Å². The first-order valence-electron chi connectivity index (χ1n) is 5.02. The average molecular weight is 250 g/mol. The first-order chi connectivity index (χ1) is 7.39. The minimum absolute atomic E-state index is 0.0125. The largest absolute Gasteiger partial charge is 0.416 e. The molecule has 0 aromatic heterocycles. The normalized spacial score (nSPS) is 20.7. The lowest BCUT2D eigenvalue weighted by molar-refractivity contribution is -0.137. The van der Waals surface area contributed by atoms with Gasteiger partial charge in [0.05, 0.1) is 5.56 Å². The summed E-state index contributed by atoms with van der Waals surface area (Å²) in [7, 11) is 0. The molecule has 0 unspecified atom stereocenters. The SMILES string of the molecule is C[C@H]1NCCc2cc(C(F)(F)F)cc(Cl)c21. The molecule has 88 valence electrons. The van der Waals surface area contributed by atoms with E-state index in [2.05, 4.69) is 5.32 Å². The summed E-state index contributed by atoms with van der Waals surface area (Å²) in [6, 6.07) is 2.22.